The Hall–Kier alpha value is -1.54. The molecule has 2 rings (SSSR count). The zero-order valence-electron chi connectivity index (χ0n) is 20.5. The summed E-state index contributed by atoms with van der Waals surface area (Å²) in [5.74, 6) is 0. The Morgan fingerprint density at radius 2 is 1.39 bits per heavy atom. The van der Waals surface area contributed by atoms with Gasteiger partial charge in [-0.2, -0.15) is 0 Å². The fourth-order valence-corrected chi connectivity index (χ4v) is 5.13. The van der Waals surface area contributed by atoms with Crippen molar-refractivity contribution in [3.8, 4) is 0 Å². The van der Waals surface area contributed by atoms with Gasteiger partial charge in [0.05, 0.1) is 5.60 Å². The van der Waals surface area contributed by atoms with Crippen LogP contribution in [0.3, 0.4) is 0 Å². The molecule has 0 amide bonds. The van der Waals surface area contributed by atoms with Gasteiger partial charge < -0.3 is 10.1 Å². The SMILES string of the molecule is CCCCCC(O)(CCCCC)CCC(CC)(CCCc1ccccc1)c1ccc[nH]1. The van der Waals surface area contributed by atoms with E-state index in [4.69, 9.17) is 0 Å². The Morgan fingerprint density at radius 1 is 0.710 bits per heavy atom. The van der Waals surface area contributed by atoms with Gasteiger partial charge in [-0.25, -0.2) is 0 Å². The standard InChI is InChI=1S/C29H47NO/c1-4-7-12-21-29(31,22-13-8-5-2)24-23-28(6-3,27-19-15-25-30-27)20-14-18-26-16-10-9-11-17-26/h9-11,15-17,19,25,30-31H,4-8,12-14,18,20-24H2,1-3H3. The number of rotatable bonds is 17. The van der Waals surface area contributed by atoms with Crippen LogP contribution in [0.2, 0.25) is 0 Å². The van der Waals surface area contributed by atoms with Gasteiger partial charge in [-0.15, -0.1) is 0 Å². The van der Waals surface area contributed by atoms with Crippen LogP contribution in [0, 0.1) is 0 Å². The summed E-state index contributed by atoms with van der Waals surface area (Å²) in [6, 6.07) is 15.2. The zero-order chi connectivity index (χ0) is 22.4. The summed E-state index contributed by atoms with van der Waals surface area (Å²) in [5, 5.41) is 11.6. The molecule has 2 N–H and O–H groups in total. The maximum atomic E-state index is 11.6. The van der Waals surface area contributed by atoms with Crippen molar-refractivity contribution in [3.63, 3.8) is 0 Å². The van der Waals surface area contributed by atoms with Crippen molar-refractivity contribution in [2.24, 2.45) is 0 Å². The van der Waals surface area contributed by atoms with Crippen LogP contribution < -0.4 is 0 Å². The van der Waals surface area contributed by atoms with Crippen molar-refractivity contribution in [3.05, 3.63) is 59.9 Å². The van der Waals surface area contributed by atoms with Crippen LogP contribution in [-0.4, -0.2) is 15.7 Å². The molecular formula is C29H47NO. The molecule has 0 saturated heterocycles. The Labute approximate surface area is 191 Å². The molecule has 1 aromatic heterocycles. The Balaban J connectivity index is 2.08. The molecule has 2 aromatic rings. The smallest absolute Gasteiger partial charge is 0.0648 e. The first-order chi connectivity index (χ1) is 15.1. The second kappa shape index (κ2) is 13.8. The number of aromatic amines is 1. The molecule has 174 valence electrons. The number of hydrogen-bond acceptors (Lipinski definition) is 1. The van der Waals surface area contributed by atoms with E-state index in [-0.39, 0.29) is 5.41 Å². The predicted molar refractivity (Wildman–Crippen MR) is 135 cm³/mol. The van der Waals surface area contributed by atoms with E-state index in [2.05, 4.69) is 74.4 Å². The third-order valence-corrected chi connectivity index (χ3v) is 7.37. The summed E-state index contributed by atoms with van der Waals surface area (Å²) >= 11 is 0. The van der Waals surface area contributed by atoms with Crippen LogP contribution in [0.15, 0.2) is 48.7 Å². The summed E-state index contributed by atoms with van der Waals surface area (Å²) in [6.07, 6.45) is 17.7. The Morgan fingerprint density at radius 3 is 1.94 bits per heavy atom. The number of aryl methyl sites for hydroxylation is 1. The topological polar surface area (TPSA) is 36.0 Å². The molecule has 1 atom stereocenters. The molecule has 1 aromatic carbocycles. The fourth-order valence-electron chi connectivity index (χ4n) is 5.13. The number of aromatic nitrogens is 1. The molecule has 0 spiro atoms. The van der Waals surface area contributed by atoms with Gasteiger partial charge in [0.15, 0.2) is 0 Å². The average molecular weight is 426 g/mol. The lowest BCUT2D eigenvalue weighted by atomic mass is 9.70. The van der Waals surface area contributed by atoms with Crippen LogP contribution in [-0.2, 0) is 11.8 Å². The molecule has 0 aliphatic rings. The van der Waals surface area contributed by atoms with E-state index in [1.165, 1.54) is 49.8 Å². The van der Waals surface area contributed by atoms with Crippen LogP contribution in [0.5, 0.6) is 0 Å². The summed E-state index contributed by atoms with van der Waals surface area (Å²) in [6.45, 7) is 6.82. The first-order valence-electron chi connectivity index (χ1n) is 13.0. The second-order valence-corrected chi connectivity index (χ2v) is 9.70. The first-order valence-corrected chi connectivity index (χ1v) is 13.0. The van der Waals surface area contributed by atoms with Gasteiger partial charge in [-0.05, 0) is 69.1 Å². The summed E-state index contributed by atoms with van der Waals surface area (Å²) < 4.78 is 0. The molecule has 1 unspecified atom stereocenters. The number of nitrogens with one attached hydrogen (secondary N) is 1. The van der Waals surface area contributed by atoms with E-state index in [0.717, 1.165) is 51.4 Å². The minimum atomic E-state index is -0.503. The summed E-state index contributed by atoms with van der Waals surface area (Å²) in [4.78, 5) is 3.54. The third-order valence-electron chi connectivity index (χ3n) is 7.37. The highest BCUT2D eigenvalue weighted by atomic mass is 16.3. The third kappa shape index (κ3) is 8.48. The molecule has 2 heteroatoms. The molecule has 0 radical (unpaired) electrons. The highest BCUT2D eigenvalue weighted by Gasteiger charge is 2.35. The summed E-state index contributed by atoms with van der Waals surface area (Å²) in [5.41, 5.74) is 2.40. The lowest BCUT2D eigenvalue weighted by molar-refractivity contribution is 0.000939. The predicted octanol–water partition coefficient (Wildman–Crippen LogP) is 8.36. The molecular weight excluding hydrogens is 378 g/mol. The van der Waals surface area contributed by atoms with E-state index in [1.807, 2.05) is 0 Å². The number of aliphatic hydroxyl groups is 1. The van der Waals surface area contributed by atoms with Crippen molar-refractivity contribution in [1.82, 2.24) is 4.98 Å². The molecule has 2 nitrogen and oxygen atoms in total. The molecule has 0 saturated carbocycles. The van der Waals surface area contributed by atoms with E-state index in [0.29, 0.717) is 0 Å². The van der Waals surface area contributed by atoms with Gasteiger partial charge >= 0.3 is 0 Å². The number of hydrogen-bond donors (Lipinski definition) is 2. The van der Waals surface area contributed by atoms with E-state index >= 15 is 0 Å². The van der Waals surface area contributed by atoms with E-state index < -0.39 is 5.60 Å². The van der Waals surface area contributed by atoms with Crippen molar-refractivity contribution >= 4 is 0 Å². The van der Waals surface area contributed by atoms with Gasteiger partial charge in [0.1, 0.15) is 0 Å². The number of benzene rings is 1. The van der Waals surface area contributed by atoms with Crippen molar-refractivity contribution in [2.75, 3.05) is 0 Å². The van der Waals surface area contributed by atoms with Crippen molar-refractivity contribution < 1.29 is 5.11 Å². The van der Waals surface area contributed by atoms with Crippen LogP contribution in [0.4, 0.5) is 0 Å². The van der Waals surface area contributed by atoms with Crippen LogP contribution >= 0.6 is 0 Å². The molecule has 1 heterocycles. The Bertz CT molecular complexity index is 668. The van der Waals surface area contributed by atoms with Crippen LogP contribution in [0.25, 0.3) is 0 Å². The lowest BCUT2D eigenvalue weighted by Gasteiger charge is -2.37. The van der Waals surface area contributed by atoms with Crippen molar-refractivity contribution in [2.45, 2.75) is 122 Å². The first kappa shape index (κ1) is 25.7. The van der Waals surface area contributed by atoms with Gasteiger partial charge in [0.25, 0.3) is 0 Å². The quantitative estimate of drug-likeness (QED) is 0.245. The van der Waals surface area contributed by atoms with Crippen LogP contribution in [0.1, 0.15) is 115 Å². The van der Waals surface area contributed by atoms with Gasteiger partial charge in [-0.1, -0.05) is 89.6 Å². The fraction of sp³-hybridized carbons (Fsp3) is 0.655. The molecule has 0 bridgehead atoms. The highest BCUT2D eigenvalue weighted by Crippen LogP contribution is 2.40. The van der Waals surface area contributed by atoms with E-state index in [9.17, 15) is 5.11 Å². The molecule has 31 heavy (non-hydrogen) atoms. The molecule has 0 aliphatic carbocycles. The maximum Gasteiger partial charge on any atom is 0.0648 e. The highest BCUT2D eigenvalue weighted by molar-refractivity contribution is 5.19. The number of unbranched alkanes of at least 4 members (excludes halogenated alkanes) is 4. The average Bonchev–Trinajstić information content (AvgIpc) is 3.33. The summed E-state index contributed by atoms with van der Waals surface area (Å²) in [7, 11) is 0. The zero-order valence-corrected chi connectivity index (χ0v) is 20.5. The van der Waals surface area contributed by atoms with Crippen molar-refractivity contribution in [1.29, 1.82) is 0 Å². The maximum absolute atomic E-state index is 11.6. The minimum absolute atomic E-state index is 0.127. The minimum Gasteiger partial charge on any atom is -0.390 e. The normalized spacial score (nSPS) is 13.9. The molecule has 0 aliphatic heterocycles. The van der Waals surface area contributed by atoms with E-state index in [1.54, 1.807) is 0 Å². The van der Waals surface area contributed by atoms with Gasteiger partial charge in [0, 0.05) is 17.3 Å². The van der Waals surface area contributed by atoms with Gasteiger partial charge in [-0.3, -0.25) is 0 Å². The molecule has 0 fully saturated rings. The Kier molecular flexibility index (Phi) is 11.4. The largest absolute Gasteiger partial charge is 0.390 e. The van der Waals surface area contributed by atoms with Gasteiger partial charge in [0.2, 0.25) is 0 Å². The monoisotopic (exact) mass is 425 g/mol. The second-order valence-electron chi connectivity index (χ2n) is 9.70. The number of H-pyrrole nitrogens is 1. The lowest BCUT2D eigenvalue weighted by Crippen LogP contribution is -2.34.